The minimum absolute atomic E-state index is 0.101. The van der Waals surface area contributed by atoms with Crippen LogP contribution in [0, 0.1) is 13.8 Å². The molecule has 10 heteroatoms. The first kappa shape index (κ1) is 15.4. The first-order chi connectivity index (χ1) is 9.70. The number of nitrogens with zero attached hydrogens (tertiary/aromatic N) is 2. The van der Waals surface area contributed by atoms with Gasteiger partial charge in [-0.3, -0.25) is 5.10 Å². The highest BCUT2D eigenvalue weighted by atomic mass is 79.9. The Morgan fingerprint density at radius 3 is 2.57 bits per heavy atom. The van der Waals surface area contributed by atoms with E-state index in [4.69, 9.17) is 5.11 Å². The predicted molar refractivity (Wildman–Crippen MR) is 77.8 cm³/mol. The third-order valence-corrected chi connectivity index (χ3v) is 4.81. The summed E-state index contributed by atoms with van der Waals surface area (Å²) in [6.45, 7) is 3.20. The summed E-state index contributed by atoms with van der Waals surface area (Å²) in [5, 5.41) is 15.3. The summed E-state index contributed by atoms with van der Waals surface area (Å²) < 4.78 is 27.0. The lowest BCUT2D eigenvalue weighted by Gasteiger charge is -2.09. The molecule has 0 saturated heterocycles. The number of hydrogen-bond acceptors (Lipinski definition) is 5. The van der Waals surface area contributed by atoms with Crippen molar-refractivity contribution < 1.29 is 18.3 Å². The molecule has 0 bridgehead atoms. The average molecular weight is 375 g/mol. The Morgan fingerprint density at radius 1 is 1.38 bits per heavy atom. The zero-order valence-electron chi connectivity index (χ0n) is 11.0. The van der Waals surface area contributed by atoms with E-state index in [1.807, 2.05) is 0 Å². The van der Waals surface area contributed by atoms with Crippen LogP contribution in [-0.2, 0) is 10.0 Å². The Hall–Kier alpha value is -1.94. The molecule has 1 aromatic carbocycles. The number of carboxylic acid groups (broad SMARTS) is 1. The van der Waals surface area contributed by atoms with E-state index >= 15 is 0 Å². The minimum Gasteiger partial charge on any atom is -0.478 e. The molecule has 8 nitrogen and oxygen atoms in total. The van der Waals surface area contributed by atoms with Crippen molar-refractivity contribution in [3.05, 3.63) is 33.6 Å². The van der Waals surface area contributed by atoms with Crippen LogP contribution in [0.15, 0.2) is 21.5 Å². The van der Waals surface area contributed by atoms with Crippen molar-refractivity contribution >= 4 is 37.9 Å². The van der Waals surface area contributed by atoms with Crippen LogP contribution in [0.5, 0.6) is 0 Å². The molecule has 112 valence electrons. The SMILES string of the molecule is Cc1nc(NS(=O)(=O)c2cc(Br)c(C)c(C(=O)O)c2)n[nH]1. The van der Waals surface area contributed by atoms with Crippen LogP contribution >= 0.6 is 15.9 Å². The second-order valence-corrected chi connectivity index (χ2v) is 6.77. The van der Waals surface area contributed by atoms with Crippen molar-refractivity contribution in [2.45, 2.75) is 18.7 Å². The van der Waals surface area contributed by atoms with Gasteiger partial charge in [0.05, 0.1) is 10.5 Å². The zero-order chi connectivity index (χ0) is 15.8. The second kappa shape index (κ2) is 5.45. The summed E-state index contributed by atoms with van der Waals surface area (Å²) in [6.07, 6.45) is 0. The Bertz CT molecular complexity index is 816. The van der Waals surface area contributed by atoms with Crippen molar-refractivity contribution in [3.63, 3.8) is 0 Å². The standard InChI is InChI=1S/C11H11BrN4O4S/c1-5-8(10(17)18)3-7(4-9(5)12)21(19,20)16-11-13-6(2)14-15-11/h3-4H,1-2H3,(H,17,18)(H2,13,14,15,16). The Kier molecular flexibility index (Phi) is 4.01. The van der Waals surface area contributed by atoms with Gasteiger partial charge in [-0.2, -0.15) is 4.98 Å². The van der Waals surface area contributed by atoms with Gasteiger partial charge in [-0.25, -0.2) is 17.9 Å². The van der Waals surface area contributed by atoms with E-state index in [0.717, 1.165) is 6.07 Å². The molecule has 0 amide bonds. The highest BCUT2D eigenvalue weighted by Crippen LogP contribution is 2.25. The van der Waals surface area contributed by atoms with Crippen LogP contribution < -0.4 is 4.72 Å². The molecular weight excluding hydrogens is 364 g/mol. The van der Waals surface area contributed by atoms with E-state index in [0.29, 0.717) is 15.9 Å². The number of benzene rings is 1. The molecule has 0 aliphatic carbocycles. The van der Waals surface area contributed by atoms with Crippen molar-refractivity contribution in [2.75, 3.05) is 4.72 Å². The maximum atomic E-state index is 12.2. The maximum absolute atomic E-state index is 12.2. The quantitative estimate of drug-likeness (QED) is 0.747. The molecule has 21 heavy (non-hydrogen) atoms. The third kappa shape index (κ3) is 3.22. The van der Waals surface area contributed by atoms with E-state index in [1.165, 1.54) is 6.07 Å². The van der Waals surface area contributed by atoms with E-state index in [-0.39, 0.29) is 16.4 Å². The first-order valence-electron chi connectivity index (χ1n) is 5.66. The molecule has 0 radical (unpaired) electrons. The predicted octanol–water partition coefficient (Wildman–Crippen LogP) is 1.68. The van der Waals surface area contributed by atoms with Crippen LogP contribution in [-0.4, -0.2) is 34.7 Å². The Balaban J connectivity index is 2.47. The lowest BCUT2D eigenvalue weighted by Crippen LogP contribution is -2.15. The van der Waals surface area contributed by atoms with Crippen molar-refractivity contribution in [2.24, 2.45) is 0 Å². The molecule has 1 heterocycles. The smallest absolute Gasteiger partial charge is 0.336 e. The highest BCUT2D eigenvalue weighted by Gasteiger charge is 2.21. The van der Waals surface area contributed by atoms with E-state index in [9.17, 15) is 13.2 Å². The maximum Gasteiger partial charge on any atom is 0.336 e. The van der Waals surface area contributed by atoms with Crippen molar-refractivity contribution in [3.8, 4) is 0 Å². The van der Waals surface area contributed by atoms with E-state index < -0.39 is 16.0 Å². The lowest BCUT2D eigenvalue weighted by molar-refractivity contribution is 0.0695. The summed E-state index contributed by atoms with van der Waals surface area (Å²) in [6, 6.07) is 2.41. The number of H-pyrrole nitrogens is 1. The van der Waals surface area contributed by atoms with Crippen LogP contribution in [0.3, 0.4) is 0 Å². The van der Waals surface area contributed by atoms with Crippen LogP contribution in [0.1, 0.15) is 21.7 Å². The number of aromatic nitrogens is 3. The van der Waals surface area contributed by atoms with Gasteiger partial charge in [-0.1, -0.05) is 15.9 Å². The molecule has 3 N–H and O–H groups in total. The number of sulfonamides is 1. The zero-order valence-corrected chi connectivity index (χ0v) is 13.4. The normalized spacial score (nSPS) is 11.4. The number of hydrogen-bond donors (Lipinski definition) is 3. The van der Waals surface area contributed by atoms with Gasteiger partial charge < -0.3 is 5.11 Å². The Labute approximate surface area is 128 Å². The van der Waals surface area contributed by atoms with Gasteiger partial charge in [0.25, 0.3) is 16.0 Å². The number of aromatic amines is 1. The van der Waals surface area contributed by atoms with Gasteiger partial charge in [0.15, 0.2) is 0 Å². The number of aryl methyl sites for hydroxylation is 1. The molecule has 0 aliphatic heterocycles. The molecule has 2 aromatic rings. The fraction of sp³-hybridized carbons (Fsp3) is 0.182. The van der Waals surface area contributed by atoms with Gasteiger partial charge in [0.1, 0.15) is 5.82 Å². The van der Waals surface area contributed by atoms with Crippen LogP contribution in [0.2, 0.25) is 0 Å². The number of halogens is 1. The fourth-order valence-electron chi connectivity index (χ4n) is 1.60. The van der Waals surface area contributed by atoms with Gasteiger partial charge in [0.2, 0.25) is 0 Å². The summed E-state index contributed by atoms with van der Waals surface area (Å²) >= 11 is 3.15. The molecule has 2 rings (SSSR count). The van der Waals surface area contributed by atoms with Gasteiger partial charge in [-0.05, 0) is 31.5 Å². The number of anilines is 1. The van der Waals surface area contributed by atoms with Crippen molar-refractivity contribution in [1.29, 1.82) is 0 Å². The fourth-order valence-corrected chi connectivity index (χ4v) is 3.21. The first-order valence-corrected chi connectivity index (χ1v) is 7.93. The Morgan fingerprint density at radius 2 is 2.05 bits per heavy atom. The highest BCUT2D eigenvalue weighted by molar-refractivity contribution is 9.10. The number of nitrogens with one attached hydrogen (secondary N) is 2. The molecule has 0 saturated carbocycles. The number of aromatic carboxylic acids is 1. The number of carboxylic acids is 1. The molecular formula is C11H11BrN4O4S. The van der Waals surface area contributed by atoms with Crippen LogP contribution in [0.25, 0.3) is 0 Å². The second-order valence-electron chi connectivity index (χ2n) is 4.23. The summed E-state index contributed by atoms with van der Waals surface area (Å²) in [5.41, 5.74) is 0.339. The van der Waals surface area contributed by atoms with Crippen LogP contribution in [0.4, 0.5) is 5.95 Å². The summed E-state index contributed by atoms with van der Waals surface area (Å²) in [5.74, 6) is -0.871. The van der Waals surface area contributed by atoms with Gasteiger partial charge in [0, 0.05) is 4.47 Å². The molecule has 0 unspecified atom stereocenters. The third-order valence-electron chi connectivity index (χ3n) is 2.68. The number of rotatable bonds is 4. The lowest BCUT2D eigenvalue weighted by atomic mass is 10.1. The molecule has 0 fully saturated rings. The monoisotopic (exact) mass is 374 g/mol. The van der Waals surface area contributed by atoms with E-state index in [2.05, 4.69) is 35.8 Å². The van der Waals surface area contributed by atoms with Gasteiger partial charge >= 0.3 is 5.97 Å². The topological polar surface area (TPSA) is 125 Å². The average Bonchev–Trinajstić information content (AvgIpc) is 2.76. The van der Waals surface area contributed by atoms with E-state index in [1.54, 1.807) is 13.8 Å². The summed E-state index contributed by atoms with van der Waals surface area (Å²) in [7, 11) is -3.98. The minimum atomic E-state index is -3.98. The summed E-state index contributed by atoms with van der Waals surface area (Å²) in [4.78, 5) is 14.8. The molecule has 0 aliphatic rings. The van der Waals surface area contributed by atoms with Gasteiger partial charge in [-0.15, -0.1) is 5.10 Å². The molecule has 0 spiro atoms. The largest absolute Gasteiger partial charge is 0.478 e. The molecule has 1 aromatic heterocycles. The van der Waals surface area contributed by atoms with Crippen molar-refractivity contribution in [1.82, 2.24) is 15.2 Å². The molecule has 0 atom stereocenters. The number of carbonyl (C=O) groups is 1.